The van der Waals surface area contributed by atoms with Crippen molar-refractivity contribution in [3.63, 3.8) is 0 Å². The molecule has 0 saturated carbocycles. The Morgan fingerprint density at radius 1 is 0.780 bits per heavy atom. The highest BCUT2D eigenvalue weighted by Crippen LogP contribution is 2.54. The van der Waals surface area contributed by atoms with Gasteiger partial charge >= 0.3 is 0 Å². The van der Waals surface area contributed by atoms with Crippen molar-refractivity contribution in [3.8, 4) is 34.5 Å². The quantitative estimate of drug-likeness (QED) is 0.196. The van der Waals surface area contributed by atoms with E-state index < -0.39 is 55.1 Å². The summed E-state index contributed by atoms with van der Waals surface area (Å²) in [5.74, 6) is -1.45. The topological polar surface area (TPSA) is 197 Å². The molecular formula is C28H38O13. The van der Waals surface area contributed by atoms with Gasteiger partial charge in [-0.1, -0.05) is 0 Å². The zero-order valence-corrected chi connectivity index (χ0v) is 23.3. The number of fused-ring (bicyclic) bond motifs is 1. The van der Waals surface area contributed by atoms with Gasteiger partial charge < -0.3 is 64.2 Å². The van der Waals surface area contributed by atoms with Crippen molar-refractivity contribution >= 4 is 0 Å². The fourth-order valence-electron chi connectivity index (χ4n) is 5.85. The molecule has 13 nitrogen and oxygen atoms in total. The highest BCUT2D eigenvalue weighted by Gasteiger charge is 2.46. The lowest BCUT2D eigenvalue weighted by atomic mass is 9.66. The first kappa shape index (κ1) is 30.9. The number of ether oxygens (including phenoxy) is 6. The number of hydrogen-bond donors (Lipinski definition) is 7. The number of phenols is 2. The molecule has 0 bridgehead atoms. The van der Waals surface area contributed by atoms with Crippen molar-refractivity contribution in [3.05, 3.63) is 34.9 Å². The number of methoxy groups -OCH3 is 4. The summed E-state index contributed by atoms with van der Waals surface area (Å²) in [6, 6.07) is 4.89. The van der Waals surface area contributed by atoms with Crippen molar-refractivity contribution in [2.24, 2.45) is 11.8 Å². The van der Waals surface area contributed by atoms with E-state index in [0.717, 1.165) is 5.56 Å². The average molecular weight is 583 g/mol. The first-order chi connectivity index (χ1) is 19.6. The summed E-state index contributed by atoms with van der Waals surface area (Å²) in [6.45, 7) is -1.01. The Kier molecular flexibility index (Phi) is 9.70. The number of aromatic hydroxyl groups is 2. The second-order valence-corrected chi connectivity index (χ2v) is 10.1. The van der Waals surface area contributed by atoms with Crippen molar-refractivity contribution in [2.75, 3.05) is 48.3 Å². The smallest absolute Gasteiger partial charge is 0.201 e. The van der Waals surface area contributed by atoms with Crippen LogP contribution in [0.1, 0.15) is 22.6 Å². The Balaban J connectivity index is 1.80. The summed E-state index contributed by atoms with van der Waals surface area (Å²) < 4.78 is 33.2. The summed E-state index contributed by atoms with van der Waals surface area (Å²) in [4.78, 5) is 0. The summed E-state index contributed by atoms with van der Waals surface area (Å²) in [5, 5.41) is 72.5. The molecule has 0 unspecified atom stereocenters. The molecule has 1 fully saturated rings. The van der Waals surface area contributed by atoms with Crippen LogP contribution in [-0.2, 0) is 15.9 Å². The van der Waals surface area contributed by atoms with Gasteiger partial charge in [0.05, 0.1) is 41.7 Å². The molecule has 4 rings (SSSR count). The molecule has 8 atom stereocenters. The van der Waals surface area contributed by atoms with Gasteiger partial charge in [-0.15, -0.1) is 0 Å². The zero-order valence-electron chi connectivity index (χ0n) is 23.3. The van der Waals surface area contributed by atoms with Crippen LogP contribution in [0.2, 0.25) is 0 Å². The Labute approximate surface area is 237 Å². The van der Waals surface area contributed by atoms with Crippen LogP contribution in [-0.4, -0.2) is 115 Å². The molecule has 2 aromatic rings. The molecule has 1 aliphatic heterocycles. The number of rotatable bonds is 10. The van der Waals surface area contributed by atoms with Crippen LogP contribution in [0.4, 0.5) is 0 Å². The minimum absolute atomic E-state index is 0.0677. The largest absolute Gasteiger partial charge is 0.502 e. The van der Waals surface area contributed by atoms with Gasteiger partial charge in [-0.3, -0.25) is 0 Å². The lowest BCUT2D eigenvalue weighted by Crippen LogP contribution is -2.59. The molecule has 1 aliphatic carbocycles. The predicted molar refractivity (Wildman–Crippen MR) is 142 cm³/mol. The molecule has 0 spiro atoms. The molecule has 7 N–H and O–H groups in total. The van der Waals surface area contributed by atoms with Gasteiger partial charge in [0.15, 0.2) is 29.3 Å². The normalized spacial score (nSPS) is 29.5. The third-order valence-electron chi connectivity index (χ3n) is 7.99. The van der Waals surface area contributed by atoms with Crippen LogP contribution in [0.15, 0.2) is 18.2 Å². The molecule has 1 saturated heterocycles. The highest BCUT2D eigenvalue weighted by molar-refractivity contribution is 5.64. The van der Waals surface area contributed by atoms with E-state index >= 15 is 0 Å². The fraction of sp³-hybridized carbons (Fsp3) is 0.571. The molecule has 0 radical (unpaired) electrons. The first-order valence-corrected chi connectivity index (χ1v) is 13.1. The van der Waals surface area contributed by atoms with Gasteiger partial charge in [0.2, 0.25) is 11.5 Å². The van der Waals surface area contributed by atoms with Gasteiger partial charge in [-0.2, -0.15) is 0 Å². The summed E-state index contributed by atoms with van der Waals surface area (Å²) >= 11 is 0. The van der Waals surface area contributed by atoms with Crippen LogP contribution in [0.3, 0.4) is 0 Å². The Morgan fingerprint density at radius 2 is 1.39 bits per heavy atom. The van der Waals surface area contributed by atoms with Gasteiger partial charge in [0.25, 0.3) is 0 Å². The zero-order chi connectivity index (χ0) is 30.0. The van der Waals surface area contributed by atoms with Crippen molar-refractivity contribution < 1.29 is 64.2 Å². The maximum atomic E-state index is 10.9. The van der Waals surface area contributed by atoms with E-state index in [1.807, 2.05) is 0 Å². The van der Waals surface area contributed by atoms with E-state index in [1.165, 1.54) is 28.4 Å². The lowest BCUT2D eigenvalue weighted by molar-refractivity contribution is -0.304. The Morgan fingerprint density at radius 3 is 1.93 bits per heavy atom. The van der Waals surface area contributed by atoms with Crippen LogP contribution in [0.5, 0.6) is 34.5 Å². The van der Waals surface area contributed by atoms with Crippen molar-refractivity contribution in [1.82, 2.24) is 0 Å². The SMILES string of the molecule is COc1cc([C@@H]2c3c(cc(OC)c(O)c3OC)C[C@@H](CO[C@@H]3O[C@H](CO)[C@@H](O)[C@H](O)[C@H]3O)[C@@H]2CO)cc(OC)c1O. The van der Waals surface area contributed by atoms with Crippen molar-refractivity contribution in [1.29, 1.82) is 0 Å². The molecule has 1 heterocycles. The highest BCUT2D eigenvalue weighted by atomic mass is 16.7. The van der Waals surface area contributed by atoms with E-state index in [1.54, 1.807) is 18.2 Å². The fourth-order valence-corrected chi connectivity index (χ4v) is 5.85. The van der Waals surface area contributed by atoms with Crippen LogP contribution < -0.4 is 18.9 Å². The molecule has 2 aliphatic rings. The van der Waals surface area contributed by atoms with E-state index in [4.69, 9.17) is 28.4 Å². The standard InChI is InChI=1S/C28H38O13/c1-36-16-7-13(8-17(37-2)22(16)31)20-15(9-29)14(5-12-6-18(38-3)24(33)27(39-4)21(12)20)11-40-28-26(35)25(34)23(32)19(10-30)41-28/h6-8,14-15,19-20,23,25-26,28-35H,5,9-11H2,1-4H3/t14-,15-,19+,20-,23+,25-,26+,28+/m0/s1. The number of phenolic OH excluding ortho intramolecular Hbond substituents is 2. The number of hydrogen-bond acceptors (Lipinski definition) is 13. The van der Waals surface area contributed by atoms with Crippen molar-refractivity contribution in [2.45, 2.75) is 43.0 Å². The van der Waals surface area contributed by atoms with E-state index in [-0.39, 0.29) is 47.7 Å². The summed E-state index contributed by atoms with van der Waals surface area (Å²) in [7, 11) is 5.61. The number of aliphatic hydroxyl groups excluding tert-OH is 5. The molecule has 228 valence electrons. The van der Waals surface area contributed by atoms with Gasteiger partial charge in [0.1, 0.15) is 24.4 Å². The molecular weight excluding hydrogens is 544 g/mol. The molecule has 0 amide bonds. The van der Waals surface area contributed by atoms with E-state index in [9.17, 15) is 35.7 Å². The summed E-state index contributed by atoms with van der Waals surface area (Å²) in [6.07, 6.45) is -6.89. The Bertz CT molecular complexity index is 1180. The minimum Gasteiger partial charge on any atom is -0.502 e. The van der Waals surface area contributed by atoms with Crippen LogP contribution in [0, 0.1) is 11.8 Å². The number of aliphatic hydroxyl groups is 5. The first-order valence-electron chi connectivity index (χ1n) is 13.1. The second kappa shape index (κ2) is 12.9. The van der Waals surface area contributed by atoms with Gasteiger partial charge in [-0.25, -0.2) is 0 Å². The molecule has 2 aromatic carbocycles. The maximum absolute atomic E-state index is 10.9. The van der Waals surface area contributed by atoms with Gasteiger partial charge in [0, 0.05) is 18.1 Å². The van der Waals surface area contributed by atoms with Crippen LogP contribution in [0.25, 0.3) is 0 Å². The molecule has 0 aromatic heterocycles. The predicted octanol–water partition coefficient (Wildman–Crippen LogP) is -0.139. The number of benzene rings is 2. The van der Waals surface area contributed by atoms with Crippen LogP contribution >= 0.6 is 0 Å². The maximum Gasteiger partial charge on any atom is 0.201 e. The van der Waals surface area contributed by atoms with Gasteiger partial charge in [-0.05, 0) is 47.6 Å². The third kappa shape index (κ3) is 5.58. The minimum atomic E-state index is -1.60. The second-order valence-electron chi connectivity index (χ2n) is 10.1. The molecule has 13 heteroatoms. The Hall–Kier alpha value is -3.04. The lowest BCUT2D eigenvalue weighted by Gasteiger charge is -2.42. The monoisotopic (exact) mass is 582 g/mol. The van der Waals surface area contributed by atoms with E-state index in [0.29, 0.717) is 17.5 Å². The van der Waals surface area contributed by atoms with E-state index in [2.05, 4.69) is 0 Å². The molecule has 41 heavy (non-hydrogen) atoms. The summed E-state index contributed by atoms with van der Waals surface area (Å²) in [5.41, 5.74) is 1.89. The third-order valence-corrected chi connectivity index (χ3v) is 7.99. The average Bonchev–Trinajstić information content (AvgIpc) is 2.98.